The Labute approximate surface area is 146 Å². The van der Waals surface area contributed by atoms with Crippen molar-refractivity contribution in [2.24, 2.45) is 0 Å². The molecule has 0 bridgehead atoms. The number of fused-ring (bicyclic) bond motifs is 1. The van der Waals surface area contributed by atoms with Gasteiger partial charge in [-0.2, -0.15) is 0 Å². The number of carbonyl (C=O) groups is 1. The SMILES string of the molecule is CN(C)[C@H](CNC(=O)c1cccc(Cl)c1)c1ccc2c(c1)OCO2. The van der Waals surface area contributed by atoms with Crippen LogP contribution in [0.25, 0.3) is 0 Å². The van der Waals surface area contributed by atoms with Crippen LogP contribution in [0.2, 0.25) is 5.02 Å². The summed E-state index contributed by atoms with van der Waals surface area (Å²) in [4.78, 5) is 14.4. The minimum Gasteiger partial charge on any atom is -0.454 e. The average Bonchev–Trinajstić information content (AvgIpc) is 3.02. The third-order valence-electron chi connectivity index (χ3n) is 3.95. The number of amides is 1. The van der Waals surface area contributed by atoms with E-state index in [2.05, 4.69) is 10.2 Å². The molecule has 0 unspecified atom stereocenters. The Morgan fingerprint density at radius 2 is 2.00 bits per heavy atom. The van der Waals surface area contributed by atoms with E-state index >= 15 is 0 Å². The second kappa shape index (κ2) is 7.11. The van der Waals surface area contributed by atoms with E-state index in [1.54, 1.807) is 24.3 Å². The minimum atomic E-state index is -0.148. The van der Waals surface area contributed by atoms with Crippen molar-refractivity contribution in [3.8, 4) is 11.5 Å². The molecule has 1 aliphatic heterocycles. The van der Waals surface area contributed by atoms with Gasteiger partial charge >= 0.3 is 0 Å². The van der Waals surface area contributed by atoms with Crippen molar-refractivity contribution in [3.05, 3.63) is 58.6 Å². The summed E-state index contributed by atoms with van der Waals surface area (Å²) >= 11 is 5.94. The van der Waals surface area contributed by atoms with Crippen LogP contribution in [-0.4, -0.2) is 38.2 Å². The van der Waals surface area contributed by atoms with Crippen LogP contribution in [0, 0.1) is 0 Å². The molecule has 2 aromatic carbocycles. The summed E-state index contributed by atoms with van der Waals surface area (Å²) in [5.74, 6) is 1.34. The number of halogens is 1. The highest BCUT2D eigenvalue weighted by molar-refractivity contribution is 6.30. The maximum Gasteiger partial charge on any atom is 0.251 e. The maximum absolute atomic E-state index is 12.3. The topological polar surface area (TPSA) is 50.8 Å². The summed E-state index contributed by atoms with van der Waals surface area (Å²) in [5.41, 5.74) is 1.60. The molecule has 3 rings (SSSR count). The van der Waals surface area contributed by atoms with E-state index in [1.165, 1.54) is 0 Å². The van der Waals surface area contributed by atoms with E-state index in [4.69, 9.17) is 21.1 Å². The average molecular weight is 347 g/mol. The van der Waals surface area contributed by atoms with Gasteiger partial charge in [-0.3, -0.25) is 4.79 Å². The Morgan fingerprint density at radius 1 is 1.21 bits per heavy atom. The van der Waals surface area contributed by atoms with Gasteiger partial charge < -0.3 is 19.7 Å². The van der Waals surface area contributed by atoms with Gasteiger partial charge in [0, 0.05) is 17.1 Å². The zero-order valence-corrected chi connectivity index (χ0v) is 14.3. The molecule has 1 amide bonds. The molecule has 0 spiro atoms. The largest absolute Gasteiger partial charge is 0.454 e. The highest BCUT2D eigenvalue weighted by atomic mass is 35.5. The molecule has 0 fully saturated rings. The summed E-state index contributed by atoms with van der Waals surface area (Å²) < 4.78 is 10.8. The molecule has 1 heterocycles. The van der Waals surface area contributed by atoms with E-state index < -0.39 is 0 Å². The van der Waals surface area contributed by atoms with E-state index in [0.29, 0.717) is 17.1 Å². The van der Waals surface area contributed by atoms with Crippen LogP contribution in [0.3, 0.4) is 0 Å². The summed E-state index contributed by atoms with van der Waals surface area (Å²) in [6.07, 6.45) is 0. The van der Waals surface area contributed by atoms with Crippen LogP contribution in [-0.2, 0) is 0 Å². The van der Waals surface area contributed by atoms with Crippen molar-refractivity contribution in [1.82, 2.24) is 10.2 Å². The molecule has 1 N–H and O–H groups in total. The quantitative estimate of drug-likeness (QED) is 0.903. The molecule has 1 aliphatic rings. The van der Waals surface area contributed by atoms with E-state index in [9.17, 15) is 4.79 Å². The van der Waals surface area contributed by atoms with Crippen LogP contribution in [0.5, 0.6) is 11.5 Å². The lowest BCUT2D eigenvalue weighted by molar-refractivity contribution is 0.0942. The lowest BCUT2D eigenvalue weighted by Gasteiger charge is -2.25. The Kier molecular flexibility index (Phi) is 4.92. The lowest BCUT2D eigenvalue weighted by Crippen LogP contribution is -2.34. The van der Waals surface area contributed by atoms with Crippen molar-refractivity contribution >= 4 is 17.5 Å². The van der Waals surface area contributed by atoms with Gasteiger partial charge in [0.25, 0.3) is 5.91 Å². The van der Waals surface area contributed by atoms with Gasteiger partial charge in [-0.1, -0.05) is 23.7 Å². The molecule has 1 atom stereocenters. The summed E-state index contributed by atoms with van der Waals surface area (Å²) in [7, 11) is 3.95. The molecule has 0 radical (unpaired) electrons. The number of nitrogens with zero attached hydrogens (tertiary/aromatic N) is 1. The summed E-state index contributed by atoms with van der Waals surface area (Å²) in [5, 5.41) is 3.51. The van der Waals surface area contributed by atoms with E-state index in [-0.39, 0.29) is 18.7 Å². The normalized spacial score (nSPS) is 13.8. The van der Waals surface area contributed by atoms with Gasteiger partial charge in [0.2, 0.25) is 6.79 Å². The number of hydrogen-bond acceptors (Lipinski definition) is 4. The number of carbonyl (C=O) groups excluding carboxylic acids is 1. The monoisotopic (exact) mass is 346 g/mol. The number of rotatable bonds is 5. The first-order chi connectivity index (χ1) is 11.5. The molecule has 6 heteroatoms. The molecule has 5 nitrogen and oxygen atoms in total. The molecule has 24 heavy (non-hydrogen) atoms. The molecule has 2 aromatic rings. The highest BCUT2D eigenvalue weighted by Crippen LogP contribution is 2.34. The van der Waals surface area contributed by atoms with Crippen LogP contribution in [0.4, 0.5) is 0 Å². The lowest BCUT2D eigenvalue weighted by atomic mass is 10.0. The zero-order chi connectivity index (χ0) is 17.1. The molecular formula is C18H19ClN2O3. The second-order valence-corrected chi connectivity index (χ2v) is 6.25. The fourth-order valence-corrected chi connectivity index (χ4v) is 2.83. The number of nitrogens with one attached hydrogen (secondary N) is 1. The van der Waals surface area contributed by atoms with Crippen molar-refractivity contribution in [3.63, 3.8) is 0 Å². The van der Waals surface area contributed by atoms with Gasteiger partial charge in [-0.05, 0) is 50.0 Å². The minimum absolute atomic E-state index is 0.0163. The molecule has 0 aromatic heterocycles. The van der Waals surface area contributed by atoms with Crippen LogP contribution < -0.4 is 14.8 Å². The third kappa shape index (κ3) is 3.63. The van der Waals surface area contributed by atoms with Gasteiger partial charge in [0.1, 0.15) is 0 Å². The first kappa shape index (κ1) is 16.6. The first-order valence-corrected chi connectivity index (χ1v) is 8.02. The van der Waals surface area contributed by atoms with Gasteiger partial charge in [-0.25, -0.2) is 0 Å². The Morgan fingerprint density at radius 3 is 2.75 bits per heavy atom. The summed E-state index contributed by atoms with van der Waals surface area (Å²) in [6.45, 7) is 0.717. The smallest absolute Gasteiger partial charge is 0.251 e. The van der Waals surface area contributed by atoms with Crippen molar-refractivity contribution in [2.75, 3.05) is 27.4 Å². The predicted molar refractivity (Wildman–Crippen MR) is 92.8 cm³/mol. The second-order valence-electron chi connectivity index (χ2n) is 5.81. The first-order valence-electron chi connectivity index (χ1n) is 7.64. The molecule has 0 saturated heterocycles. The number of hydrogen-bond donors (Lipinski definition) is 1. The standard InChI is InChI=1S/C18H19ClN2O3/c1-21(2)15(12-6-7-16-17(9-12)24-11-23-16)10-20-18(22)13-4-3-5-14(19)8-13/h3-9,15H,10-11H2,1-2H3,(H,20,22)/t15-/m1/s1. The third-order valence-corrected chi connectivity index (χ3v) is 4.18. The maximum atomic E-state index is 12.3. The van der Waals surface area contributed by atoms with Gasteiger partial charge in [0.15, 0.2) is 11.5 Å². The fraction of sp³-hybridized carbons (Fsp3) is 0.278. The van der Waals surface area contributed by atoms with Crippen LogP contribution >= 0.6 is 11.6 Å². The highest BCUT2D eigenvalue weighted by Gasteiger charge is 2.20. The number of ether oxygens (including phenoxy) is 2. The Balaban J connectivity index is 1.72. The van der Waals surface area contributed by atoms with Crippen LogP contribution in [0.1, 0.15) is 22.0 Å². The number of benzene rings is 2. The van der Waals surface area contributed by atoms with E-state index in [1.807, 2.05) is 32.3 Å². The van der Waals surface area contributed by atoms with Crippen LogP contribution in [0.15, 0.2) is 42.5 Å². The van der Waals surface area contributed by atoms with E-state index in [0.717, 1.165) is 17.1 Å². The molecule has 126 valence electrons. The van der Waals surface area contributed by atoms with Crippen molar-refractivity contribution in [2.45, 2.75) is 6.04 Å². The molecular weight excluding hydrogens is 328 g/mol. The van der Waals surface area contributed by atoms with Crippen molar-refractivity contribution in [1.29, 1.82) is 0 Å². The summed E-state index contributed by atoms with van der Waals surface area (Å²) in [6, 6.07) is 12.8. The van der Waals surface area contributed by atoms with Crippen molar-refractivity contribution < 1.29 is 14.3 Å². The molecule has 0 saturated carbocycles. The fourth-order valence-electron chi connectivity index (χ4n) is 2.64. The Bertz CT molecular complexity index is 749. The molecule has 0 aliphatic carbocycles. The number of likely N-dealkylation sites (N-methyl/N-ethyl adjacent to an activating group) is 1. The van der Waals surface area contributed by atoms with Gasteiger partial charge in [0.05, 0.1) is 6.04 Å². The van der Waals surface area contributed by atoms with Gasteiger partial charge in [-0.15, -0.1) is 0 Å². The Hall–Kier alpha value is -2.24. The zero-order valence-electron chi connectivity index (χ0n) is 13.6. The predicted octanol–water partition coefficient (Wildman–Crippen LogP) is 3.10.